The first kappa shape index (κ1) is 12.4. The van der Waals surface area contributed by atoms with Crippen molar-refractivity contribution in [3.63, 3.8) is 0 Å². The number of aryl methyl sites for hydroxylation is 1. The lowest BCUT2D eigenvalue weighted by Gasteiger charge is -2.09. The molecule has 0 aliphatic carbocycles. The third kappa shape index (κ3) is 3.01. The summed E-state index contributed by atoms with van der Waals surface area (Å²) in [7, 11) is 0. The van der Waals surface area contributed by atoms with Gasteiger partial charge in [0.2, 0.25) is 0 Å². The predicted molar refractivity (Wildman–Crippen MR) is 80.8 cm³/mol. The van der Waals surface area contributed by atoms with Crippen molar-refractivity contribution in [1.82, 2.24) is 4.98 Å². The number of nitrogens with one attached hydrogen (secondary N) is 1. The predicted octanol–water partition coefficient (Wildman–Crippen LogP) is 3.97. The number of nitrogen functional groups attached to an aromatic ring is 1. The molecule has 3 nitrogen and oxygen atoms in total. The zero-order valence-electron chi connectivity index (χ0n) is 9.17. The molecular formula is C12H11ClIN3. The third-order valence-electron chi connectivity index (χ3n) is 2.35. The number of rotatable bonds is 2. The molecule has 17 heavy (non-hydrogen) atoms. The van der Waals surface area contributed by atoms with Crippen LogP contribution in [0.25, 0.3) is 0 Å². The first-order chi connectivity index (χ1) is 8.06. The lowest BCUT2D eigenvalue weighted by molar-refractivity contribution is 1.27. The van der Waals surface area contributed by atoms with E-state index in [1.54, 1.807) is 6.20 Å². The summed E-state index contributed by atoms with van der Waals surface area (Å²) < 4.78 is 1.05. The molecule has 0 unspecified atom stereocenters. The molecule has 2 rings (SSSR count). The molecule has 0 amide bonds. The minimum Gasteiger partial charge on any atom is -0.397 e. The van der Waals surface area contributed by atoms with Gasteiger partial charge >= 0.3 is 0 Å². The van der Waals surface area contributed by atoms with Crippen molar-refractivity contribution in [3.05, 3.63) is 44.6 Å². The molecule has 1 heterocycles. The summed E-state index contributed by atoms with van der Waals surface area (Å²) in [6, 6.07) is 7.59. The Kier molecular flexibility index (Phi) is 3.73. The second-order valence-electron chi connectivity index (χ2n) is 3.68. The molecule has 0 radical (unpaired) electrons. The van der Waals surface area contributed by atoms with Gasteiger partial charge in [0, 0.05) is 8.59 Å². The average Bonchev–Trinajstić information content (AvgIpc) is 2.27. The van der Waals surface area contributed by atoms with Gasteiger partial charge in [0.15, 0.2) is 0 Å². The minimum absolute atomic E-state index is 0.696. The molecule has 0 aliphatic heterocycles. The van der Waals surface area contributed by atoms with Crippen LogP contribution in [0.4, 0.5) is 17.2 Å². The zero-order valence-corrected chi connectivity index (χ0v) is 12.1. The Bertz CT molecular complexity index is 557. The normalized spacial score (nSPS) is 10.3. The Morgan fingerprint density at radius 1 is 1.35 bits per heavy atom. The molecule has 0 fully saturated rings. The molecule has 88 valence electrons. The van der Waals surface area contributed by atoms with Gasteiger partial charge in [-0.25, -0.2) is 4.98 Å². The highest BCUT2D eigenvalue weighted by molar-refractivity contribution is 14.1. The van der Waals surface area contributed by atoms with Gasteiger partial charge in [0.25, 0.3) is 0 Å². The topological polar surface area (TPSA) is 50.9 Å². The molecule has 0 spiro atoms. The van der Waals surface area contributed by atoms with E-state index in [2.05, 4.69) is 32.9 Å². The van der Waals surface area contributed by atoms with Crippen molar-refractivity contribution in [3.8, 4) is 0 Å². The third-order valence-corrected chi connectivity index (χ3v) is 3.47. The number of anilines is 3. The van der Waals surface area contributed by atoms with Crippen molar-refractivity contribution in [2.45, 2.75) is 6.92 Å². The Morgan fingerprint density at radius 2 is 2.12 bits per heavy atom. The second kappa shape index (κ2) is 5.10. The maximum Gasteiger partial charge on any atom is 0.130 e. The van der Waals surface area contributed by atoms with Gasteiger partial charge in [-0.1, -0.05) is 11.6 Å². The number of halogens is 2. The summed E-state index contributed by atoms with van der Waals surface area (Å²) in [5.74, 6) is 0.775. The van der Waals surface area contributed by atoms with Gasteiger partial charge in [-0.15, -0.1) is 0 Å². The number of nitrogens with two attached hydrogens (primary N) is 1. The number of benzene rings is 1. The van der Waals surface area contributed by atoms with Gasteiger partial charge in [-0.3, -0.25) is 0 Å². The molecule has 0 atom stereocenters. The van der Waals surface area contributed by atoms with Crippen LogP contribution in [-0.2, 0) is 0 Å². The second-order valence-corrected chi connectivity index (χ2v) is 5.27. The molecule has 0 saturated carbocycles. The summed E-state index contributed by atoms with van der Waals surface area (Å²) in [5.41, 5.74) is 8.40. The highest BCUT2D eigenvalue weighted by Crippen LogP contribution is 2.25. The standard InChI is InChI=1S/C12H11ClIN3/c1-7-4-12(16-6-10(7)15)17-11-3-2-8(13)5-9(11)14/h2-6H,15H2,1H3,(H,16,17). The van der Waals surface area contributed by atoms with E-state index >= 15 is 0 Å². The lowest BCUT2D eigenvalue weighted by atomic mass is 10.2. The molecule has 1 aromatic carbocycles. The summed E-state index contributed by atoms with van der Waals surface area (Å²) in [4.78, 5) is 4.23. The van der Waals surface area contributed by atoms with E-state index < -0.39 is 0 Å². The van der Waals surface area contributed by atoms with E-state index in [0.29, 0.717) is 5.69 Å². The number of hydrogen-bond acceptors (Lipinski definition) is 3. The molecule has 0 aliphatic rings. The minimum atomic E-state index is 0.696. The number of aromatic nitrogens is 1. The van der Waals surface area contributed by atoms with Crippen LogP contribution in [0, 0.1) is 10.5 Å². The van der Waals surface area contributed by atoms with E-state index in [0.717, 1.165) is 25.7 Å². The molecule has 1 aromatic heterocycles. The van der Waals surface area contributed by atoms with E-state index in [1.165, 1.54) is 0 Å². The maximum absolute atomic E-state index is 5.90. The van der Waals surface area contributed by atoms with Crippen molar-refractivity contribution < 1.29 is 0 Å². The fourth-order valence-electron chi connectivity index (χ4n) is 1.36. The van der Waals surface area contributed by atoms with Crippen LogP contribution >= 0.6 is 34.2 Å². The molecular weight excluding hydrogens is 349 g/mol. The van der Waals surface area contributed by atoms with Crippen LogP contribution < -0.4 is 11.1 Å². The Morgan fingerprint density at radius 3 is 2.76 bits per heavy atom. The van der Waals surface area contributed by atoms with Crippen LogP contribution in [0.1, 0.15) is 5.56 Å². The Hall–Kier alpha value is -1.01. The fraction of sp³-hybridized carbons (Fsp3) is 0.0833. The van der Waals surface area contributed by atoms with Gasteiger partial charge in [-0.05, 0) is 59.3 Å². The van der Waals surface area contributed by atoms with Crippen LogP contribution in [-0.4, -0.2) is 4.98 Å². The summed E-state index contributed by atoms with van der Waals surface area (Å²) >= 11 is 8.13. The van der Waals surface area contributed by atoms with Crippen molar-refractivity contribution >= 4 is 51.4 Å². The molecule has 2 aromatic rings. The Balaban J connectivity index is 2.28. The van der Waals surface area contributed by atoms with Crippen LogP contribution in [0.5, 0.6) is 0 Å². The highest BCUT2D eigenvalue weighted by Gasteiger charge is 2.03. The lowest BCUT2D eigenvalue weighted by Crippen LogP contribution is -1.98. The quantitative estimate of drug-likeness (QED) is 0.798. The zero-order chi connectivity index (χ0) is 12.4. The van der Waals surface area contributed by atoms with Gasteiger partial charge in [-0.2, -0.15) is 0 Å². The maximum atomic E-state index is 5.90. The highest BCUT2D eigenvalue weighted by atomic mass is 127. The van der Waals surface area contributed by atoms with Crippen molar-refractivity contribution in [2.24, 2.45) is 0 Å². The van der Waals surface area contributed by atoms with Crippen molar-refractivity contribution in [2.75, 3.05) is 11.1 Å². The van der Waals surface area contributed by atoms with E-state index in [4.69, 9.17) is 17.3 Å². The smallest absolute Gasteiger partial charge is 0.130 e. The van der Waals surface area contributed by atoms with Crippen LogP contribution in [0.2, 0.25) is 5.02 Å². The van der Waals surface area contributed by atoms with E-state index in [1.807, 2.05) is 31.2 Å². The largest absolute Gasteiger partial charge is 0.397 e. The van der Waals surface area contributed by atoms with Gasteiger partial charge in [0.05, 0.1) is 17.6 Å². The molecule has 0 saturated heterocycles. The Labute approximate surface area is 119 Å². The van der Waals surface area contributed by atoms with Gasteiger partial charge < -0.3 is 11.1 Å². The molecule has 3 N–H and O–H groups in total. The first-order valence-electron chi connectivity index (χ1n) is 5.00. The van der Waals surface area contributed by atoms with E-state index in [-0.39, 0.29) is 0 Å². The fourth-order valence-corrected chi connectivity index (χ4v) is 2.37. The van der Waals surface area contributed by atoms with Crippen LogP contribution in [0.15, 0.2) is 30.5 Å². The molecule has 5 heteroatoms. The van der Waals surface area contributed by atoms with Crippen LogP contribution in [0.3, 0.4) is 0 Å². The summed E-state index contributed by atoms with van der Waals surface area (Å²) in [6.07, 6.45) is 1.65. The number of nitrogens with zero attached hydrogens (tertiary/aromatic N) is 1. The SMILES string of the molecule is Cc1cc(Nc2ccc(Cl)cc2I)ncc1N. The summed E-state index contributed by atoms with van der Waals surface area (Å²) in [5, 5.41) is 3.96. The number of hydrogen-bond donors (Lipinski definition) is 2. The van der Waals surface area contributed by atoms with Gasteiger partial charge in [0.1, 0.15) is 5.82 Å². The van der Waals surface area contributed by atoms with E-state index in [9.17, 15) is 0 Å². The summed E-state index contributed by atoms with van der Waals surface area (Å²) in [6.45, 7) is 1.95. The first-order valence-corrected chi connectivity index (χ1v) is 6.46. The molecule has 0 bridgehead atoms. The van der Waals surface area contributed by atoms with Crippen molar-refractivity contribution in [1.29, 1.82) is 0 Å². The monoisotopic (exact) mass is 359 g/mol. The average molecular weight is 360 g/mol. The number of pyridine rings is 1.